The van der Waals surface area contributed by atoms with Crippen LogP contribution in [0.15, 0.2) is 35.9 Å². The van der Waals surface area contributed by atoms with E-state index in [4.69, 9.17) is 4.74 Å². The third-order valence-corrected chi connectivity index (χ3v) is 3.65. The quantitative estimate of drug-likeness (QED) is 0.847. The van der Waals surface area contributed by atoms with E-state index in [1.54, 1.807) is 17.0 Å². The molecule has 0 aliphatic carbocycles. The Bertz CT molecular complexity index is 604. The average molecular weight is 317 g/mol. The van der Waals surface area contributed by atoms with Gasteiger partial charge in [-0.05, 0) is 39.2 Å². The molecule has 1 amide bonds. The number of benzene rings is 1. The Hall–Kier alpha value is -2.30. The number of hydrogen-bond donors (Lipinski definition) is 1. The summed E-state index contributed by atoms with van der Waals surface area (Å²) in [6.45, 7) is 6.45. The van der Waals surface area contributed by atoms with Crippen LogP contribution in [0.5, 0.6) is 0 Å². The van der Waals surface area contributed by atoms with Crippen LogP contribution in [0.4, 0.5) is 4.79 Å². The highest BCUT2D eigenvalue weighted by molar-refractivity contribution is 6.16. The van der Waals surface area contributed by atoms with E-state index in [1.165, 1.54) is 0 Å². The first-order valence-corrected chi connectivity index (χ1v) is 7.76. The molecule has 0 spiro atoms. The van der Waals surface area contributed by atoms with Crippen molar-refractivity contribution < 1.29 is 19.4 Å². The molecular formula is C18H23NO4. The van der Waals surface area contributed by atoms with E-state index in [0.717, 1.165) is 5.57 Å². The van der Waals surface area contributed by atoms with Crippen LogP contribution in [0.1, 0.15) is 39.2 Å². The van der Waals surface area contributed by atoms with E-state index < -0.39 is 11.6 Å². The molecule has 1 aliphatic heterocycles. The summed E-state index contributed by atoms with van der Waals surface area (Å²) >= 11 is 0. The minimum atomic E-state index is -0.920. The number of likely N-dealkylation sites (tertiary alicyclic amines) is 1. The van der Waals surface area contributed by atoms with Crippen molar-refractivity contribution in [2.45, 2.75) is 39.2 Å². The SMILES string of the molecule is CC(C)(C)OC(=O)N1CCC(=C(C(=O)O)c2ccccc2)CC1. The van der Waals surface area contributed by atoms with Crippen molar-refractivity contribution in [3.05, 3.63) is 41.5 Å². The minimum Gasteiger partial charge on any atom is -0.478 e. The topological polar surface area (TPSA) is 66.8 Å². The Morgan fingerprint density at radius 1 is 1.09 bits per heavy atom. The fourth-order valence-electron chi connectivity index (χ4n) is 2.62. The van der Waals surface area contributed by atoms with Gasteiger partial charge in [0.15, 0.2) is 0 Å². The fraction of sp³-hybridized carbons (Fsp3) is 0.444. The first-order chi connectivity index (χ1) is 10.8. The molecule has 0 radical (unpaired) electrons. The molecule has 124 valence electrons. The minimum absolute atomic E-state index is 0.340. The molecule has 0 bridgehead atoms. The van der Waals surface area contributed by atoms with Crippen molar-refractivity contribution >= 4 is 17.6 Å². The zero-order valence-corrected chi connectivity index (χ0v) is 13.8. The van der Waals surface area contributed by atoms with E-state index in [2.05, 4.69) is 0 Å². The molecule has 1 aliphatic rings. The summed E-state index contributed by atoms with van der Waals surface area (Å²) in [5.74, 6) is -0.920. The maximum absolute atomic E-state index is 12.1. The molecule has 1 fully saturated rings. The molecule has 0 unspecified atom stereocenters. The van der Waals surface area contributed by atoms with Crippen molar-refractivity contribution in [2.75, 3.05) is 13.1 Å². The number of carbonyl (C=O) groups is 2. The van der Waals surface area contributed by atoms with Crippen LogP contribution in [-0.4, -0.2) is 40.8 Å². The van der Waals surface area contributed by atoms with E-state index >= 15 is 0 Å². The summed E-state index contributed by atoms with van der Waals surface area (Å²) in [5.41, 5.74) is 1.42. The summed E-state index contributed by atoms with van der Waals surface area (Å²) < 4.78 is 5.36. The van der Waals surface area contributed by atoms with Crippen LogP contribution >= 0.6 is 0 Å². The number of carbonyl (C=O) groups excluding carboxylic acids is 1. The highest BCUT2D eigenvalue weighted by Crippen LogP contribution is 2.27. The highest BCUT2D eigenvalue weighted by atomic mass is 16.6. The predicted octanol–water partition coefficient (Wildman–Crippen LogP) is 3.56. The van der Waals surface area contributed by atoms with Gasteiger partial charge in [0.25, 0.3) is 0 Å². The predicted molar refractivity (Wildman–Crippen MR) is 88.0 cm³/mol. The second kappa shape index (κ2) is 6.86. The van der Waals surface area contributed by atoms with E-state index in [9.17, 15) is 14.7 Å². The number of rotatable bonds is 2. The number of hydrogen-bond acceptors (Lipinski definition) is 3. The molecule has 5 nitrogen and oxygen atoms in total. The van der Waals surface area contributed by atoms with Crippen molar-refractivity contribution in [2.24, 2.45) is 0 Å². The molecule has 0 saturated carbocycles. The molecular weight excluding hydrogens is 294 g/mol. The molecule has 2 rings (SSSR count). The number of carboxylic acid groups (broad SMARTS) is 1. The van der Waals surface area contributed by atoms with Gasteiger partial charge >= 0.3 is 12.1 Å². The van der Waals surface area contributed by atoms with Gasteiger partial charge in [0, 0.05) is 13.1 Å². The van der Waals surface area contributed by atoms with Gasteiger partial charge < -0.3 is 14.7 Å². The molecule has 0 aromatic heterocycles. The van der Waals surface area contributed by atoms with Gasteiger partial charge in [-0.15, -0.1) is 0 Å². The van der Waals surface area contributed by atoms with Gasteiger partial charge in [-0.1, -0.05) is 35.9 Å². The second-order valence-electron chi connectivity index (χ2n) is 6.62. The van der Waals surface area contributed by atoms with Gasteiger partial charge in [0.2, 0.25) is 0 Å². The van der Waals surface area contributed by atoms with Gasteiger partial charge in [-0.2, -0.15) is 0 Å². The summed E-state index contributed by atoms with van der Waals surface area (Å²) in [4.78, 5) is 25.3. The molecule has 1 aromatic rings. The Kier molecular flexibility index (Phi) is 5.08. The number of amides is 1. The maximum atomic E-state index is 12.1. The lowest BCUT2D eigenvalue weighted by atomic mass is 9.93. The van der Waals surface area contributed by atoms with E-state index in [-0.39, 0.29) is 6.09 Å². The first-order valence-electron chi connectivity index (χ1n) is 7.76. The molecule has 5 heteroatoms. The first kappa shape index (κ1) is 17.1. The van der Waals surface area contributed by atoms with Crippen molar-refractivity contribution in [1.29, 1.82) is 0 Å². The van der Waals surface area contributed by atoms with Gasteiger partial charge in [-0.25, -0.2) is 9.59 Å². The molecule has 1 heterocycles. The molecule has 0 atom stereocenters. The number of ether oxygens (including phenoxy) is 1. The number of nitrogens with zero attached hydrogens (tertiary/aromatic N) is 1. The normalized spacial score (nSPS) is 15.3. The summed E-state index contributed by atoms with van der Waals surface area (Å²) in [7, 11) is 0. The van der Waals surface area contributed by atoms with Crippen LogP contribution in [0.2, 0.25) is 0 Å². The Morgan fingerprint density at radius 2 is 1.65 bits per heavy atom. The zero-order valence-electron chi connectivity index (χ0n) is 13.8. The van der Waals surface area contributed by atoms with Crippen molar-refractivity contribution in [3.8, 4) is 0 Å². The van der Waals surface area contributed by atoms with Crippen LogP contribution < -0.4 is 0 Å². The number of piperidine rings is 1. The van der Waals surface area contributed by atoms with Gasteiger partial charge in [-0.3, -0.25) is 0 Å². The molecule has 1 saturated heterocycles. The average Bonchev–Trinajstić information content (AvgIpc) is 2.47. The Balaban J connectivity index is 2.12. The van der Waals surface area contributed by atoms with Crippen LogP contribution in [0.3, 0.4) is 0 Å². The van der Waals surface area contributed by atoms with Crippen LogP contribution in [0.25, 0.3) is 5.57 Å². The fourth-order valence-corrected chi connectivity index (χ4v) is 2.62. The van der Waals surface area contributed by atoms with E-state index in [0.29, 0.717) is 37.1 Å². The number of carboxylic acids is 1. The third-order valence-electron chi connectivity index (χ3n) is 3.65. The monoisotopic (exact) mass is 317 g/mol. The van der Waals surface area contributed by atoms with Crippen LogP contribution in [-0.2, 0) is 9.53 Å². The van der Waals surface area contributed by atoms with Gasteiger partial charge in [0.1, 0.15) is 5.60 Å². The maximum Gasteiger partial charge on any atom is 0.410 e. The van der Waals surface area contributed by atoms with Crippen molar-refractivity contribution in [1.82, 2.24) is 4.90 Å². The smallest absolute Gasteiger partial charge is 0.410 e. The second-order valence-corrected chi connectivity index (χ2v) is 6.62. The Labute approximate surface area is 136 Å². The summed E-state index contributed by atoms with van der Waals surface area (Å²) in [5, 5.41) is 9.54. The largest absolute Gasteiger partial charge is 0.478 e. The lowest BCUT2D eigenvalue weighted by Gasteiger charge is -2.31. The van der Waals surface area contributed by atoms with Crippen molar-refractivity contribution in [3.63, 3.8) is 0 Å². The lowest BCUT2D eigenvalue weighted by Crippen LogP contribution is -2.40. The standard InChI is InChI=1S/C18H23NO4/c1-18(2,3)23-17(22)19-11-9-14(10-12-19)15(16(20)21)13-7-5-4-6-8-13/h4-8H,9-12H2,1-3H3,(H,20,21). The lowest BCUT2D eigenvalue weighted by molar-refractivity contribution is -0.130. The molecule has 23 heavy (non-hydrogen) atoms. The summed E-state index contributed by atoms with van der Waals surface area (Å²) in [6, 6.07) is 9.12. The summed E-state index contributed by atoms with van der Waals surface area (Å²) in [6.07, 6.45) is 0.763. The van der Waals surface area contributed by atoms with E-state index in [1.807, 2.05) is 39.0 Å². The molecule has 1 aromatic carbocycles. The van der Waals surface area contributed by atoms with Crippen LogP contribution in [0, 0.1) is 0 Å². The Morgan fingerprint density at radius 3 is 2.13 bits per heavy atom. The number of aliphatic carboxylic acids is 1. The zero-order chi connectivity index (χ0) is 17.0. The highest BCUT2D eigenvalue weighted by Gasteiger charge is 2.27. The molecule has 1 N–H and O–H groups in total. The van der Waals surface area contributed by atoms with Gasteiger partial charge in [0.05, 0.1) is 5.57 Å². The third kappa shape index (κ3) is 4.58.